The first-order valence-corrected chi connectivity index (χ1v) is 8.28. The van der Waals surface area contributed by atoms with Crippen molar-refractivity contribution in [2.24, 2.45) is 7.05 Å². The van der Waals surface area contributed by atoms with Gasteiger partial charge in [0.2, 0.25) is 0 Å². The van der Waals surface area contributed by atoms with Crippen LogP contribution in [0.4, 0.5) is 0 Å². The number of hydrogen-bond acceptors (Lipinski definition) is 3. The van der Waals surface area contributed by atoms with Gasteiger partial charge in [-0.3, -0.25) is 4.90 Å². The van der Waals surface area contributed by atoms with Crippen LogP contribution in [0.5, 0.6) is 0 Å². The number of aromatic nitrogens is 1. The van der Waals surface area contributed by atoms with Crippen LogP contribution < -0.4 is 0 Å². The van der Waals surface area contributed by atoms with Crippen molar-refractivity contribution in [3.63, 3.8) is 0 Å². The van der Waals surface area contributed by atoms with E-state index in [1.54, 1.807) is 0 Å². The van der Waals surface area contributed by atoms with E-state index in [0.29, 0.717) is 12.6 Å². The third-order valence-electron chi connectivity index (χ3n) is 5.39. The Morgan fingerprint density at radius 2 is 2.04 bits per heavy atom. The molecule has 23 heavy (non-hydrogen) atoms. The smallest absolute Gasteiger partial charge is 0.335 e. The number of para-hydroxylation sites is 1. The second-order valence-corrected chi connectivity index (χ2v) is 6.46. The van der Waals surface area contributed by atoms with Crippen LogP contribution in [0.25, 0.3) is 10.9 Å². The third-order valence-corrected chi connectivity index (χ3v) is 5.39. The van der Waals surface area contributed by atoms with Gasteiger partial charge in [0.1, 0.15) is 0 Å². The van der Waals surface area contributed by atoms with E-state index in [1.165, 1.54) is 22.2 Å². The highest BCUT2D eigenvalue weighted by atomic mass is 16.5. The summed E-state index contributed by atoms with van der Waals surface area (Å²) in [7, 11) is 4.28. The predicted molar refractivity (Wildman–Crippen MR) is 90.2 cm³/mol. The molecule has 2 aromatic rings. The Labute approximate surface area is 136 Å². The summed E-state index contributed by atoms with van der Waals surface area (Å²) in [6.07, 6.45) is 3.82. The minimum absolute atomic E-state index is 0.117. The quantitative estimate of drug-likeness (QED) is 0.800. The first kappa shape index (κ1) is 14.5. The fraction of sp³-hybridized carbons (Fsp3) is 0.421. The van der Waals surface area contributed by atoms with Crippen LogP contribution in [0.1, 0.15) is 30.6 Å². The van der Waals surface area contributed by atoms with Gasteiger partial charge in [0.25, 0.3) is 0 Å². The highest BCUT2D eigenvalue weighted by Crippen LogP contribution is 2.44. The van der Waals surface area contributed by atoms with Gasteiger partial charge < -0.3 is 9.30 Å². The molecule has 4 rings (SSSR count). The number of carbonyl (C=O) groups excluding carboxylic acids is 1. The Morgan fingerprint density at radius 1 is 1.26 bits per heavy atom. The zero-order valence-corrected chi connectivity index (χ0v) is 13.9. The lowest BCUT2D eigenvalue weighted by molar-refractivity contribution is -0.139. The first-order valence-electron chi connectivity index (χ1n) is 8.28. The Hall–Kier alpha value is -2.07. The van der Waals surface area contributed by atoms with Crippen LogP contribution in [0.3, 0.4) is 0 Å². The van der Waals surface area contributed by atoms with Gasteiger partial charge in [0.05, 0.1) is 18.2 Å². The molecule has 0 radical (unpaired) electrons. The number of ether oxygens (including phenoxy) is 1. The second kappa shape index (κ2) is 5.24. The molecule has 0 saturated carbocycles. The van der Waals surface area contributed by atoms with E-state index in [2.05, 4.69) is 53.9 Å². The highest BCUT2D eigenvalue weighted by molar-refractivity contribution is 5.91. The molecule has 0 saturated heterocycles. The molecule has 0 unspecified atom stereocenters. The van der Waals surface area contributed by atoms with Crippen molar-refractivity contribution < 1.29 is 9.53 Å². The highest BCUT2D eigenvalue weighted by Gasteiger charge is 2.41. The summed E-state index contributed by atoms with van der Waals surface area (Å²) in [6.45, 7) is 2.28. The lowest BCUT2D eigenvalue weighted by Crippen LogP contribution is -2.46. The summed E-state index contributed by atoms with van der Waals surface area (Å²) < 4.78 is 7.59. The van der Waals surface area contributed by atoms with Crippen LogP contribution in [0.15, 0.2) is 35.9 Å². The summed E-state index contributed by atoms with van der Waals surface area (Å²) in [6, 6.07) is 9.01. The van der Waals surface area contributed by atoms with Gasteiger partial charge in [0.15, 0.2) is 0 Å². The molecule has 1 aromatic carbocycles. The normalized spacial score (nSPS) is 23.5. The zero-order valence-electron chi connectivity index (χ0n) is 13.9. The molecule has 0 fully saturated rings. The van der Waals surface area contributed by atoms with Crippen LogP contribution in [-0.4, -0.2) is 35.1 Å². The Bertz CT molecular complexity index is 818. The van der Waals surface area contributed by atoms with E-state index < -0.39 is 0 Å². The SMILES string of the molecule is CCOC(=O)C1=CC[C@H]2c3c(c4ccccc4n3C)C[C@@H]1N2C. The van der Waals surface area contributed by atoms with Crippen molar-refractivity contribution in [1.82, 2.24) is 9.47 Å². The molecule has 4 nitrogen and oxygen atoms in total. The summed E-state index contributed by atoms with van der Waals surface area (Å²) in [5, 5.41) is 1.32. The van der Waals surface area contributed by atoms with Crippen molar-refractivity contribution in [1.29, 1.82) is 0 Å². The molecule has 0 aliphatic carbocycles. The van der Waals surface area contributed by atoms with Crippen LogP contribution in [0.2, 0.25) is 0 Å². The minimum Gasteiger partial charge on any atom is -0.463 e. The maximum absolute atomic E-state index is 12.3. The Morgan fingerprint density at radius 3 is 2.83 bits per heavy atom. The lowest BCUT2D eigenvalue weighted by Gasteiger charge is -2.43. The van der Waals surface area contributed by atoms with Gasteiger partial charge in [-0.2, -0.15) is 0 Å². The Balaban J connectivity index is 1.84. The zero-order chi connectivity index (χ0) is 16.1. The standard InChI is InChI=1S/C19H22N2O2/c1-4-23-19(22)13-9-10-16-18-14(11-17(13)20(16)2)12-7-5-6-8-15(12)21(18)3/h5-9,16-17H,4,10-11H2,1-3H3/t16-,17-/m0/s1. The first-order chi connectivity index (χ1) is 11.1. The average molecular weight is 310 g/mol. The van der Waals surface area contributed by atoms with Crippen molar-refractivity contribution in [2.45, 2.75) is 31.8 Å². The second-order valence-electron chi connectivity index (χ2n) is 6.46. The van der Waals surface area contributed by atoms with Gasteiger partial charge in [-0.15, -0.1) is 0 Å². The molecule has 1 aromatic heterocycles. The largest absolute Gasteiger partial charge is 0.463 e. The summed E-state index contributed by atoms with van der Waals surface area (Å²) in [4.78, 5) is 14.6. The molecule has 0 N–H and O–H groups in total. The van der Waals surface area contributed by atoms with E-state index in [1.807, 2.05) is 6.92 Å². The number of benzene rings is 1. The number of nitrogens with zero attached hydrogens (tertiary/aromatic N) is 2. The molecule has 2 aliphatic heterocycles. The molecule has 3 heterocycles. The number of fused-ring (bicyclic) bond motifs is 6. The number of esters is 1. The van der Waals surface area contributed by atoms with E-state index >= 15 is 0 Å². The lowest BCUT2D eigenvalue weighted by atomic mass is 9.82. The summed E-state index contributed by atoms with van der Waals surface area (Å²) >= 11 is 0. The van der Waals surface area contributed by atoms with E-state index in [9.17, 15) is 4.79 Å². The molecule has 120 valence electrons. The van der Waals surface area contributed by atoms with Crippen molar-refractivity contribution >= 4 is 16.9 Å². The fourth-order valence-electron chi connectivity index (χ4n) is 4.29. The topological polar surface area (TPSA) is 34.5 Å². The van der Waals surface area contributed by atoms with Crippen LogP contribution in [-0.2, 0) is 23.0 Å². The number of rotatable bonds is 2. The number of likely N-dealkylation sites (N-methyl/N-ethyl adjacent to an activating group) is 1. The Kier molecular flexibility index (Phi) is 3.31. The van der Waals surface area contributed by atoms with Crippen LogP contribution in [0, 0.1) is 0 Å². The number of carbonyl (C=O) groups is 1. The number of hydrogen-bond donors (Lipinski definition) is 0. The van der Waals surface area contributed by atoms with Crippen molar-refractivity contribution in [2.75, 3.05) is 13.7 Å². The fourth-order valence-corrected chi connectivity index (χ4v) is 4.29. The molecule has 0 amide bonds. The van der Waals surface area contributed by atoms with Gasteiger partial charge in [-0.1, -0.05) is 24.3 Å². The molecular formula is C19H22N2O2. The molecule has 4 heteroatoms. The molecule has 0 spiro atoms. The van der Waals surface area contributed by atoms with Gasteiger partial charge in [-0.25, -0.2) is 4.79 Å². The summed E-state index contributed by atoms with van der Waals surface area (Å²) in [5.74, 6) is -0.161. The molecule has 2 aliphatic rings. The van der Waals surface area contributed by atoms with Crippen molar-refractivity contribution in [3.05, 3.63) is 47.2 Å². The van der Waals surface area contributed by atoms with Crippen LogP contribution >= 0.6 is 0 Å². The minimum atomic E-state index is -0.161. The van der Waals surface area contributed by atoms with E-state index in [4.69, 9.17) is 4.74 Å². The van der Waals surface area contributed by atoms with Crippen molar-refractivity contribution in [3.8, 4) is 0 Å². The van der Waals surface area contributed by atoms with Gasteiger partial charge in [-0.05, 0) is 38.4 Å². The van der Waals surface area contributed by atoms with E-state index in [0.717, 1.165) is 18.4 Å². The summed E-state index contributed by atoms with van der Waals surface area (Å²) in [5.41, 5.74) is 4.88. The maximum atomic E-state index is 12.3. The molecule has 2 bridgehead atoms. The molecule has 2 atom stereocenters. The van der Waals surface area contributed by atoms with E-state index in [-0.39, 0.29) is 12.0 Å². The number of aryl methyl sites for hydroxylation is 1. The van der Waals surface area contributed by atoms with Gasteiger partial charge >= 0.3 is 5.97 Å². The van der Waals surface area contributed by atoms with Gasteiger partial charge in [0, 0.05) is 29.7 Å². The average Bonchev–Trinajstić information content (AvgIpc) is 2.81. The monoisotopic (exact) mass is 310 g/mol. The predicted octanol–water partition coefficient (Wildman–Crippen LogP) is 2.97. The molecular weight excluding hydrogens is 288 g/mol. The maximum Gasteiger partial charge on any atom is 0.335 e. The third kappa shape index (κ3) is 1.98.